The van der Waals surface area contributed by atoms with E-state index in [-0.39, 0.29) is 30.9 Å². The van der Waals surface area contributed by atoms with Crippen LogP contribution in [0, 0.1) is 5.92 Å². The molecule has 0 aliphatic carbocycles. The van der Waals surface area contributed by atoms with Gasteiger partial charge in [0.25, 0.3) is 11.8 Å². The van der Waals surface area contributed by atoms with E-state index < -0.39 is 0 Å². The first-order valence-electron chi connectivity index (χ1n) is 7.06. The lowest BCUT2D eigenvalue weighted by molar-refractivity contribution is -0.118. The number of nitrogens with one attached hydrogen (secondary N) is 2. The van der Waals surface area contributed by atoms with Crippen molar-refractivity contribution in [1.82, 2.24) is 5.32 Å². The fraction of sp³-hybridized carbons (Fsp3) is 0.467. The summed E-state index contributed by atoms with van der Waals surface area (Å²) in [6.45, 7) is 2.67. The third kappa shape index (κ3) is 4.19. The molecule has 0 radical (unpaired) electrons. The first kappa shape index (κ1) is 15.3. The molecule has 1 aromatic carbocycles. The number of benzene rings is 1. The fourth-order valence-corrected chi connectivity index (χ4v) is 2.06. The first-order chi connectivity index (χ1) is 10.1. The van der Waals surface area contributed by atoms with Gasteiger partial charge in [0, 0.05) is 18.7 Å². The summed E-state index contributed by atoms with van der Waals surface area (Å²) < 4.78 is 5.28. The molecule has 1 unspecified atom stereocenters. The van der Waals surface area contributed by atoms with Crippen molar-refractivity contribution in [3.8, 4) is 5.75 Å². The molecule has 1 heterocycles. The van der Waals surface area contributed by atoms with Gasteiger partial charge in [0.15, 0.2) is 6.61 Å². The van der Waals surface area contributed by atoms with Gasteiger partial charge < -0.3 is 20.5 Å². The Labute approximate surface area is 123 Å². The summed E-state index contributed by atoms with van der Waals surface area (Å²) in [5, 5.41) is 14.4. The summed E-state index contributed by atoms with van der Waals surface area (Å²) in [6.07, 6.45) is 1.70. The topological polar surface area (TPSA) is 87.7 Å². The molecule has 0 fully saturated rings. The zero-order chi connectivity index (χ0) is 15.2. The van der Waals surface area contributed by atoms with E-state index in [1.165, 1.54) is 0 Å². The number of aliphatic hydroxyl groups is 1. The summed E-state index contributed by atoms with van der Waals surface area (Å²) in [5.74, 6) is 0.395. The number of hydrogen-bond donors (Lipinski definition) is 3. The van der Waals surface area contributed by atoms with Gasteiger partial charge in [-0.15, -0.1) is 0 Å². The molecule has 1 aromatic rings. The van der Waals surface area contributed by atoms with Crippen LogP contribution < -0.4 is 15.4 Å². The normalized spacial score (nSPS) is 14.7. The summed E-state index contributed by atoms with van der Waals surface area (Å²) in [4.78, 5) is 23.2. The Hall–Kier alpha value is -2.08. The maximum Gasteiger partial charge on any atom is 0.262 e. The molecule has 1 aliphatic rings. The van der Waals surface area contributed by atoms with E-state index in [1.54, 1.807) is 18.2 Å². The Balaban J connectivity index is 1.87. The number of hydrogen-bond acceptors (Lipinski definition) is 4. The van der Waals surface area contributed by atoms with E-state index in [9.17, 15) is 9.59 Å². The van der Waals surface area contributed by atoms with Gasteiger partial charge in [-0.25, -0.2) is 0 Å². The predicted octanol–water partition coefficient (Wildman–Crippen LogP) is 1.16. The Morgan fingerprint density at radius 3 is 3.10 bits per heavy atom. The zero-order valence-corrected chi connectivity index (χ0v) is 12.0. The zero-order valence-electron chi connectivity index (χ0n) is 12.0. The van der Waals surface area contributed by atoms with Crippen molar-refractivity contribution in [2.75, 3.05) is 25.1 Å². The quantitative estimate of drug-likeness (QED) is 0.686. The van der Waals surface area contributed by atoms with E-state index >= 15 is 0 Å². The monoisotopic (exact) mass is 292 g/mol. The lowest BCUT2D eigenvalue weighted by atomic mass is 10.1. The summed E-state index contributed by atoms with van der Waals surface area (Å²) in [6, 6.07) is 4.94. The minimum absolute atomic E-state index is 0.0306. The van der Waals surface area contributed by atoms with Crippen LogP contribution >= 0.6 is 0 Å². The highest BCUT2D eigenvalue weighted by Crippen LogP contribution is 2.28. The van der Waals surface area contributed by atoms with Gasteiger partial charge in [0.1, 0.15) is 5.75 Å². The largest absolute Gasteiger partial charge is 0.482 e. The van der Waals surface area contributed by atoms with E-state index in [1.807, 2.05) is 6.92 Å². The van der Waals surface area contributed by atoms with Crippen molar-refractivity contribution in [3.63, 3.8) is 0 Å². The minimum atomic E-state index is -0.197. The highest BCUT2D eigenvalue weighted by atomic mass is 16.5. The second-order valence-electron chi connectivity index (χ2n) is 5.23. The Bertz CT molecular complexity index is 530. The van der Waals surface area contributed by atoms with Crippen LogP contribution in [-0.2, 0) is 4.79 Å². The van der Waals surface area contributed by atoms with E-state index in [0.29, 0.717) is 23.5 Å². The summed E-state index contributed by atoms with van der Waals surface area (Å²) >= 11 is 0. The average molecular weight is 292 g/mol. The molecule has 2 amide bonds. The standard InChI is InChI=1S/C15H20N2O4/c1-10(8-18)3-2-6-16-15(20)11-4-5-12-13(7-11)21-9-14(19)17-12/h4-5,7,10,18H,2-3,6,8-9H2,1H3,(H,16,20)(H,17,19). The Kier molecular flexibility index (Phi) is 5.16. The molecule has 0 aromatic heterocycles. The number of carbonyl (C=O) groups excluding carboxylic acids is 2. The van der Waals surface area contributed by atoms with Crippen LogP contribution in [0.2, 0.25) is 0 Å². The molecule has 114 valence electrons. The molecule has 0 bridgehead atoms. The van der Waals surface area contributed by atoms with E-state index in [4.69, 9.17) is 9.84 Å². The molecule has 6 nitrogen and oxygen atoms in total. The molecule has 21 heavy (non-hydrogen) atoms. The lowest BCUT2D eigenvalue weighted by Crippen LogP contribution is -2.27. The molecule has 2 rings (SSSR count). The van der Waals surface area contributed by atoms with Crippen LogP contribution in [-0.4, -0.2) is 36.7 Å². The molecule has 1 atom stereocenters. The van der Waals surface area contributed by atoms with Gasteiger partial charge in [-0.3, -0.25) is 9.59 Å². The SMILES string of the molecule is CC(CO)CCCNC(=O)c1ccc2c(c1)OCC(=O)N2. The average Bonchev–Trinajstić information content (AvgIpc) is 2.50. The molecular formula is C15H20N2O4. The van der Waals surface area contributed by atoms with Crippen LogP contribution in [0.15, 0.2) is 18.2 Å². The second kappa shape index (κ2) is 7.08. The molecule has 0 saturated heterocycles. The number of amides is 2. The van der Waals surface area contributed by atoms with Gasteiger partial charge in [-0.1, -0.05) is 6.92 Å². The summed E-state index contributed by atoms with van der Waals surface area (Å²) in [7, 11) is 0. The highest BCUT2D eigenvalue weighted by molar-refractivity contribution is 5.98. The van der Waals surface area contributed by atoms with Crippen molar-refractivity contribution in [1.29, 1.82) is 0 Å². The van der Waals surface area contributed by atoms with Gasteiger partial charge in [-0.05, 0) is 37.0 Å². The number of fused-ring (bicyclic) bond motifs is 1. The van der Waals surface area contributed by atoms with Crippen molar-refractivity contribution in [3.05, 3.63) is 23.8 Å². The Morgan fingerprint density at radius 2 is 2.33 bits per heavy atom. The Morgan fingerprint density at radius 1 is 1.52 bits per heavy atom. The molecule has 1 aliphatic heterocycles. The number of rotatable bonds is 6. The smallest absolute Gasteiger partial charge is 0.262 e. The number of anilines is 1. The maximum atomic E-state index is 12.0. The molecule has 0 spiro atoms. The van der Waals surface area contributed by atoms with Gasteiger partial charge in [0.2, 0.25) is 0 Å². The molecule has 3 N–H and O–H groups in total. The van der Waals surface area contributed by atoms with Crippen molar-refractivity contribution < 1.29 is 19.4 Å². The van der Waals surface area contributed by atoms with Crippen molar-refractivity contribution in [2.45, 2.75) is 19.8 Å². The number of carbonyl (C=O) groups is 2. The van der Waals surface area contributed by atoms with Crippen molar-refractivity contribution >= 4 is 17.5 Å². The van der Waals surface area contributed by atoms with Crippen LogP contribution in [0.3, 0.4) is 0 Å². The van der Waals surface area contributed by atoms with Gasteiger partial charge in [-0.2, -0.15) is 0 Å². The van der Waals surface area contributed by atoms with E-state index in [2.05, 4.69) is 10.6 Å². The number of aliphatic hydroxyl groups excluding tert-OH is 1. The fourth-order valence-electron chi connectivity index (χ4n) is 2.06. The van der Waals surface area contributed by atoms with E-state index in [0.717, 1.165) is 12.8 Å². The first-order valence-corrected chi connectivity index (χ1v) is 7.06. The van der Waals surface area contributed by atoms with Crippen LogP contribution in [0.25, 0.3) is 0 Å². The highest BCUT2D eigenvalue weighted by Gasteiger charge is 2.17. The third-order valence-electron chi connectivity index (χ3n) is 3.35. The third-order valence-corrected chi connectivity index (χ3v) is 3.35. The predicted molar refractivity (Wildman–Crippen MR) is 78.4 cm³/mol. The lowest BCUT2D eigenvalue weighted by Gasteiger charge is -2.18. The second-order valence-corrected chi connectivity index (χ2v) is 5.23. The maximum absolute atomic E-state index is 12.0. The van der Waals surface area contributed by atoms with Crippen LogP contribution in [0.4, 0.5) is 5.69 Å². The van der Waals surface area contributed by atoms with Gasteiger partial charge >= 0.3 is 0 Å². The summed E-state index contributed by atoms with van der Waals surface area (Å²) in [5.41, 5.74) is 1.08. The van der Waals surface area contributed by atoms with Crippen molar-refractivity contribution in [2.24, 2.45) is 5.92 Å². The van der Waals surface area contributed by atoms with Crippen LogP contribution in [0.1, 0.15) is 30.1 Å². The number of ether oxygens (including phenoxy) is 1. The molecule has 6 heteroatoms. The molecule has 0 saturated carbocycles. The van der Waals surface area contributed by atoms with Gasteiger partial charge in [0.05, 0.1) is 5.69 Å². The minimum Gasteiger partial charge on any atom is -0.482 e. The van der Waals surface area contributed by atoms with Crippen LogP contribution in [0.5, 0.6) is 5.75 Å². The molecular weight excluding hydrogens is 272 g/mol.